The molecule has 3 aliphatic rings. The lowest BCUT2D eigenvalue weighted by molar-refractivity contribution is -0.125. The van der Waals surface area contributed by atoms with Crippen LogP contribution < -0.4 is 0 Å². The molecule has 1 saturated carbocycles. The molecular formula is C22H32N2OS. The first-order chi connectivity index (χ1) is 12.7. The Morgan fingerprint density at radius 1 is 1.15 bits per heavy atom. The van der Waals surface area contributed by atoms with Crippen molar-refractivity contribution in [3.63, 3.8) is 0 Å². The lowest BCUT2D eigenvalue weighted by Gasteiger charge is -2.42. The molecule has 0 bridgehead atoms. The first-order valence-corrected chi connectivity index (χ1v) is 11.3. The summed E-state index contributed by atoms with van der Waals surface area (Å²) < 4.78 is 0. The summed E-state index contributed by atoms with van der Waals surface area (Å²) in [6.45, 7) is 5.67. The van der Waals surface area contributed by atoms with Gasteiger partial charge in [0, 0.05) is 42.5 Å². The number of carbonyl (C=O) groups excluding carboxylic acids is 1. The molecule has 2 aliphatic heterocycles. The van der Waals surface area contributed by atoms with Gasteiger partial charge in [0.1, 0.15) is 0 Å². The number of piperidine rings is 1. The second kappa shape index (κ2) is 8.26. The summed E-state index contributed by atoms with van der Waals surface area (Å²) in [5.74, 6) is 1.12. The normalized spacial score (nSPS) is 28.4. The van der Waals surface area contributed by atoms with Crippen LogP contribution in [0.25, 0.3) is 6.08 Å². The topological polar surface area (TPSA) is 23.6 Å². The van der Waals surface area contributed by atoms with Crippen molar-refractivity contribution >= 4 is 23.3 Å². The lowest BCUT2D eigenvalue weighted by Crippen LogP contribution is -2.46. The average molecular weight is 373 g/mol. The molecule has 0 N–H and O–H groups in total. The number of likely N-dealkylation sites (tertiary alicyclic amines) is 2. The van der Waals surface area contributed by atoms with Gasteiger partial charge in [0.2, 0.25) is 5.91 Å². The molecule has 1 aromatic heterocycles. The summed E-state index contributed by atoms with van der Waals surface area (Å²) in [6.07, 6.45) is 14.7. The Morgan fingerprint density at radius 2 is 2.04 bits per heavy atom. The van der Waals surface area contributed by atoms with Crippen molar-refractivity contribution in [3.8, 4) is 0 Å². The van der Waals surface area contributed by atoms with Gasteiger partial charge in [-0.05, 0) is 62.1 Å². The molecule has 1 aromatic rings. The van der Waals surface area contributed by atoms with Crippen LogP contribution in [0.5, 0.6) is 0 Å². The Balaban J connectivity index is 1.31. The fourth-order valence-electron chi connectivity index (χ4n) is 5.30. The van der Waals surface area contributed by atoms with Crippen LogP contribution in [0.2, 0.25) is 0 Å². The van der Waals surface area contributed by atoms with Crippen LogP contribution in [0, 0.1) is 11.3 Å². The zero-order chi connectivity index (χ0) is 17.8. The number of hydrogen-bond acceptors (Lipinski definition) is 3. The fraction of sp³-hybridized carbons (Fsp3) is 0.682. The summed E-state index contributed by atoms with van der Waals surface area (Å²) in [7, 11) is 0. The zero-order valence-corrected chi connectivity index (χ0v) is 16.7. The molecule has 142 valence electrons. The third-order valence-electron chi connectivity index (χ3n) is 6.66. The largest absolute Gasteiger partial charge is 0.339 e. The SMILES string of the molecule is O=C(C=Cc1cccs1)N1CCC2(CCCN(CC3CCCCC3)C2)C1. The molecule has 3 heterocycles. The summed E-state index contributed by atoms with van der Waals surface area (Å²) in [5.41, 5.74) is 0.360. The maximum atomic E-state index is 12.6. The van der Waals surface area contributed by atoms with Gasteiger partial charge in [-0.3, -0.25) is 4.79 Å². The highest BCUT2D eigenvalue weighted by Crippen LogP contribution is 2.39. The second-order valence-electron chi connectivity index (χ2n) is 8.70. The minimum Gasteiger partial charge on any atom is -0.339 e. The van der Waals surface area contributed by atoms with Crippen molar-refractivity contribution < 1.29 is 4.79 Å². The van der Waals surface area contributed by atoms with Gasteiger partial charge in [0.15, 0.2) is 0 Å². The Labute approximate surface area is 162 Å². The standard InChI is InChI=1S/C22H32N2OS/c25-21(10-9-20-8-4-15-26-20)24-14-12-22(18-24)11-5-13-23(17-22)16-19-6-2-1-3-7-19/h4,8-10,15,19H,1-3,5-7,11-14,16-18H2. The number of carbonyl (C=O) groups is 1. The van der Waals surface area contributed by atoms with Gasteiger partial charge in [0.25, 0.3) is 0 Å². The number of thiophene rings is 1. The Bertz CT molecular complexity index is 620. The quantitative estimate of drug-likeness (QED) is 0.718. The number of nitrogens with zero attached hydrogens (tertiary/aromatic N) is 2. The maximum absolute atomic E-state index is 12.6. The molecular weight excluding hydrogens is 340 g/mol. The highest BCUT2D eigenvalue weighted by atomic mass is 32.1. The molecule has 0 aromatic carbocycles. The molecule has 26 heavy (non-hydrogen) atoms. The van der Waals surface area contributed by atoms with E-state index in [1.165, 1.54) is 71.0 Å². The zero-order valence-electron chi connectivity index (χ0n) is 15.9. The van der Waals surface area contributed by atoms with E-state index in [1.807, 2.05) is 12.1 Å². The lowest BCUT2D eigenvalue weighted by atomic mass is 9.78. The Kier molecular flexibility index (Phi) is 5.80. The molecule has 0 radical (unpaired) electrons. The minimum absolute atomic E-state index is 0.194. The number of amides is 1. The van der Waals surface area contributed by atoms with Crippen LogP contribution >= 0.6 is 11.3 Å². The average Bonchev–Trinajstić information content (AvgIpc) is 3.31. The van der Waals surface area contributed by atoms with E-state index in [0.717, 1.165) is 23.9 Å². The van der Waals surface area contributed by atoms with Gasteiger partial charge in [-0.25, -0.2) is 0 Å². The van der Waals surface area contributed by atoms with E-state index >= 15 is 0 Å². The van der Waals surface area contributed by atoms with Crippen molar-refractivity contribution in [1.29, 1.82) is 0 Å². The summed E-state index contributed by atoms with van der Waals surface area (Å²) in [6, 6.07) is 4.09. The van der Waals surface area contributed by atoms with Gasteiger partial charge in [-0.1, -0.05) is 25.3 Å². The van der Waals surface area contributed by atoms with Gasteiger partial charge < -0.3 is 9.80 Å². The first kappa shape index (κ1) is 18.2. The van der Waals surface area contributed by atoms with Crippen LogP contribution in [0.1, 0.15) is 56.2 Å². The predicted octanol–water partition coefficient (Wildman–Crippen LogP) is 4.66. The summed E-state index contributed by atoms with van der Waals surface area (Å²) in [4.78, 5) is 18.6. The fourth-order valence-corrected chi connectivity index (χ4v) is 5.92. The molecule has 1 spiro atoms. The van der Waals surface area contributed by atoms with Crippen molar-refractivity contribution in [2.75, 3.05) is 32.7 Å². The summed E-state index contributed by atoms with van der Waals surface area (Å²) in [5, 5.41) is 2.05. The molecule has 4 rings (SSSR count). The van der Waals surface area contributed by atoms with E-state index < -0.39 is 0 Å². The van der Waals surface area contributed by atoms with Gasteiger partial charge >= 0.3 is 0 Å². The monoisotopic (exact) mass is 372 g/mol. The molecule has 1 atom stereocenters. The van der Waals surface area contributed by atoms with Crippen LogP contribution in [-0.2, 0) is 4.79 Å². The van der Waals surface area contributed by atoms with Gasteiger partial charge in [0.05, 0.1) is 0 Å². The highest BCUT2D eigenvalue weighted by molar-refractivity contribution is 7.10. The van der Waals surface area contributed by atoms with E-state index in [1.54, 1.807) is 17.4 Å². The number of rotatable bonds is 4. The van der Waals surface area contributed by atoms with Crippen molar-refractivity contribution in [1.82, 2.24) is 9.80 Å². The molecule has 1 unspecified atom stereocenters. The van der Waals surface area contributed by atoms with E-state index in [2.05, 4.69) is 21.2 Å². The minimum atomic E-state index is 0.194. The van der Waals surface area contributed by atoms with E-state index in [4.69, 9.17) is 0 Å². The van der Waals surface area contributed by atoms with E-state index in [-0.39, 0.29) is 5.91 Å². The number of hydrogen-bond donors (Lipinski definition) is 0. The van der Waals surface area contributed by atoms with Crippen LogP contribution in [0.3, 0.4) is 0 Å². The third-order valence-corrected chi connectivity index (χ3v) is 7.50. The van der Waals surface area contributed by atoms with Crippen LogP contribution in [-0.4, -0.2) is 48.4 Å². The second-order valence-corrected chi connectivity index (χ2v) is 9.68. The molecule has 4 heteroatoms. The molecule has 1 amide bonds. The maximum Gasteiger partial charge on any atom is 0.246 e. The third kappa shape index (κ3) is 4.40. The van der Waals surface area contributed by atoms with E-state index in [0.29, 0.717) is 5.41 Å². The van der Waals surface area contributed by atoms with Gasteiger partial charge in [-0.15, -0.1) is 11.3 Å². The first-order valence-electron chi connectivity index (χ1n) is 10.5. The molecule has 3 fully saturated rings. The molecule has 3 nitrogen and oxygen atoms in total. The van der Waals surface area contributed by atoms with Gasteiger partial charge in [-0.2, -0.15) is 0 Å². The predicted molar refractivity (Wildman–Crippen MR) is 109 cm³/mol. The Hall–Kier alpha value is -1.13. The molecule has 2 saturated heterocycles. The van der Waals surface area contributed by atoms with Crippen molar-refractivity contribution in [2.24, 2.45) is 11.3 Å². The molecule has 1 aliphatic carbocycles. The van der Waals surface area contributed by atoms with Crippen LogP contribution in [0.15, 0.2) is 23.6 Å². The van der Waals surface area contributed by atoms with Crippen molar-refractivity contribution in [2.45, 2.75) is 51.4 Å². The van der Waals surface area contributed by atoms with Crippen LogP contribution in [0.4, 0.5) is 0 Å². The summed E-state index contributed by atoms with van der Waals surface area (Å²) >= 11 is 1.68. The Morgan fingerprint density at radius 3 is 2.85 bits per heavy atom. The highest BCUT2D eigenvalue weighted by Gasteiger charge is 2.42. The van der Waals surface area contributed by atoms with Crippen molar-refractivity contribution in [3.05, 3.63) is 28.5 Å². The smallest absolute Gasteiger partial charge is 0.246 e. The van der Waals surface area contributed by atoms with E-state index in [9.17, 15) is 4.79 Å².